The van der Waals surface area contributed by atoms with E-state index < -0.39 is 5.97 Å². The molecule has 0 bridgehead atoms. The quantitative estimate of drug-likeness (QED) is 0.441. The molecule has 0 aliphatic heterocycles. The minimum absolute atomic E-state index is 0.0284. The number of unbranched alkanes of at least 4 members (excludes halogenated alkanes) is 1. The van der Waals surface area contributed by atoms with E-state index in [0.717, 1.165) is 12.8 Å². The number of aliphatic carboxylic acids is 1. The SMILES string of the molecule is CCOC(=O)CCCCNCC(=O)O. The zero-order chi connectivity index (χ0) is 10.8. The topological polar surface area (TPSA) is 75.6 Å². The lowest BCUT2D eigenvalue weighted by Gasteiger charge is -2.02. The van der Waals surface area contributed by atoms with Gasteiger partial charge in [-0.1, -0.05) is 0 Å². The van der Waals surface area contributed by atoms with Crippen molar-refractivity contribution < 1.29 is 19.4 Å². The fraction of sp³-hybridized carbons (Fsp3) is 0.778. The van der Waals surface area contributed by atoms with Gasteiger partial charge in [0.1, 0.15) is 0 Å². The van der Waals surface area contributed by atoms with E-state index in [-0.39, 0.29) is 12.5 Å². The molecule has 0 aromatic rings. The van der Waals surface area contributed by atoms with Gasteiger partial charge in [0.2, 0.25) is 0 Å². The molecule has 0 saturated carbocycles. The van der Waals surface area contributed by atoms with Crippen LogP contribution in [0, 0.1) is 0 Å². The van der Waals surface area contributed by atoms with Crippen molar-refractivity contribution in [2.45, 2.75) is 26.2 Å². The number of ether oxygens (including phenoxy) is 1. The molecule has 0 radical (unpaired) electrons. The molecule has 0 amide bonds. The lowest BCUT2D eigenvalue weighted by Crippen LogP contribution is -2.23. The maximum absolute atomic E-state index is 10.8. The minimum Gasteiger partial charge on any atom is -0.480 e. The predicted octanol–water partition coefficient (Wildman–Crippen LogP) is 0.394. The highest BCUT2D eigenvalue weighted by molar-refractivity contribution is 5.69. The number of carboxylic acids is 1. The first-order chi connectivity index (χ1) is 6.66. The molecule has 0 aromatic carbocycles. The van der Waals surface area contributed by atoms with E-state index >= 15 is 0 Å². The molecule has 0 unspecified atom stereocenters. The summed E-state index contributed by atoms with van der Waals surface area (Å²) < 4.78 is 4.73. The second kappa shape index (κ2) is 8.50. The third-order valence-corrected chi connectivity index (χ3v) is 1.57. The number of hydrogen-bond donors (Lipinski definition) is 2. The Hall–Kier alpha value is -1.10. The number of carbonyl (C=O) groups excluding carboxylic acids is 1. The van der Waals surface area contributed by atoms with Crippen LogP contribution in [0.4, 0.5) is 0 Å². The van der Waals surface area contributed by atoms with Crippen molar-refractivity contribution in [3.05, 3.63) is 0 Å². The van der Waals surface area contributed by atoms with Gasteiger partial charge in [-0.15, -0.1) is 0 Å². The third kappa shape index (κ3) is 8.99. The molecule has 0 aliphatic rings. The molecule has 0 fully saturated rings. The summed E-state index contributed by atoms with van der Waals surface area (Å²) in [5.41, 5.74) is 0. The van der Waals surface area contributed by atoms with E-state index in [1.54, 1.807) is 6.92 Å². The second-order valence-electron chi connectivity index (χ2n) is 2.83. The number of esters is 1. The maximum atomic E-state index is 10.8. The summed E-state index contributed by atoms with van der Waals surface area (Å²) in [5, 5.41) is 11.0. The van der Waals surface area contributed by atoms with Crippen LogP contribution in [0.1, 0.15) is 26.2 Å². The summed E-state index contributed by atoms with van der Waals surface area (Å²) in [6, 6.07) is 0. The molecule has 0 heterocycles. The number of carbonyl (C=O) groups is 2. The molecule has 82 valence electrons. The predicted molar refractivity (Wildman–Crippen MR) is 51.0 cm³/mol. The van der Waals surface area contributed by atoms with Crippen LogP contribution in [0.3, 0.4) is 0 Å². The zero-order valence-corrected chi connectivity index (χ0v) is 8.41. The molecule has 0 rings (SSSR count). The van der Waals surface area contributed by atoms with Crippen molar-refractivity contribution in [1.29, 1.82) is 0 Å². The van der Waals surface area contributed by atoms with Crippen molar-refractivity contribution in [2.75, 3.05) is 19.7 Å². The summed E-state index contributed by atoms with van der Waals surface area (Å²) in [4.78, 5) is 20.9. The molecule has 5 heteroatoms. The van der Waals surface area contributed by atoms with E-state index in [4.69, 9.17) is 9.84 Å². The molecule has 0 spiro atoms. The van der Waals surface area contributed by atoms with Crippen molar-refractivity contribution >= 4 is 11.9 Å². The van der Waals surface area contributed by atoms with E-state index in [2.05, 4.69) is 5.32 Å². The lowest BCUT2D eigenvalue weighted by molar-refractivity contribution is -0.143. The fourth-order valence-corrected chi connectivity index (χ4v) is 0.948. The van der Waals surface area contributed by atoms with Crippen LogP contribution in [0.5, 0.6) is 0 Å². The van der Waals surface area contributed by atoms with Gasteiger partial charge in [0.25, 0.3) is 0 Å². The van der Waals surface area contributed by atoms with Gasteiger partial charge in [-0.05, 0) is 26.3 Å². The van der Waals surface area contributed by atoms with Crippen molar-refractivity contribution in [2.24, 2.45) is 0 Å². The summed E-state index contributed by atoms with van der Waals surface area (Å²) in [7, 11) is 0. The Kier molecular flexibility index (Phi) is 7.83. The van der Waals surface area contributed by atoms with Gasteiger partial charge in [0.15, 0.2) is 0 Å². The van der Waals surface area contributed by atoms with Gasteiger partial charge < -0.3 is 15.2 Å². The second-order valence-corrected chi connectivity index (χ2v) is 2.83. The highest BCUT2D eigenvalue weighted by Gasteiger charge is 2.00. The Morgan fingerprint density at radius 3 is 2.64 bits per heavy atom. The van der Waals surface area contributed by atoms with E-state index in [9.17, 15) is 9.59 Å². The number of carboxylic acid groups (broad SMARTS) is 1. The molecular weight excluding hydrogens is 186 g/mol. The molecule has 2 N–H and O–H groups in total. The summed E-state index contributed by atoms with van der Waals surface area (Å²) >= 11 is 0. The zero-order valence-electron chi connectivity index (χ0n) is 8.41. The maximum Gasteiger partial charge on any atom is 0.317 e. The van der Waals surface area contributed by atoms with Gasteiger partial charge in [0, 0.05) is 6.42 Å². The van der Waals surface area contributed by atoms with Gasteiger partial charge in [-0.2, -0.15) is 0 Å². The Labute approximate surface area is 83.4 Å². The average Bonchev–Trinajstić information content (AvgIpc) is 2.11. The first-order valence-electron chi connectivity index (χ1n) is 4.75. The van der Waals surface area contributed by atoms with E-state index in [0.29, 0.717) is 19.6 Å². The van der Waals surface area contributed by atoms with Crippen LogP contribution in [0.25, 0.3) is 0 Å². The Morgan fingerprint density at radius 1 is 1.36 bits per heavy atom. The van der Waals surface area contributed by atoms with Crippen LogP contribution < -0.4 is 5.32 Å². The largest absolute Gasteiger partial charge is 0.480 e. The highest BCUT2D eigenvalue weighted by Crippen LogP contribution is 1.96. The van der Waals surface area contributed by atoms with Crippen molar-refractivity contribution in [3.8, 4) is 0 Å². The minimum atomic E-state index is -0.865. The lowest BCUT2D eigenvalue weighted by atomic mass is 10.2. The van der Waals surface area contributed by atoms with Crippen molar-refractivity contribution in [3.63, 3.8) is 0 Å². The summed E-state index contributed by atoms with van der Waals surface area (Å²) in [5.74, 6) is -1.05. The van der Waals surface area contributed by atoms with E-state index in [1.165, 1.54) is 0 Å². The van der Waals surface area contributed by atoms with Crippen LogP contribution in [-0.4, -0.2) is 36.7 Å². The molecular formula is C9H17NO4. The van der Waals surface area contributed by atoms with Gasteiger partial charge in [-0.25, -0.2) is 0 Å². The van der Waals surface area contributed by atoms with Gasteiger partial charge in [0.05, 0.1) is 13.2 Å². The summed E-state index contributed by atoms with van der Waals surface area (Å²) in [6.07, 6.45) is 1.92. The normalized spacial score (nSPS) is 9.79. The molecule has 0 aromatic heterocycles. The fourth-order valence-electron chi connectivity index (χ4n) is 0.948. The summed E-state index contributed by atoms with van der Waals surface area (Å²) in [6.45, 7) is 2.77. The molecule has 0 saturated heterocycles. The van der Waals surface area contributed by atoms with Crippen molar-refractivity contribution in [1.82, 2.24) is 5.32 Å². The van der Waals surface area contributed by atoms with Crippen LogP contribution in [0.2, 0.25) is 0 Å². The monoisotopic (exact) mass is 203 g/mol. The molecule has 0 atom stereocenters. The Morgan fingerprint density at radius 2 is 2.07 bits per heavy atom. The standard InChI is InChI=1S/C9H17NO4/c1-2-14-9(13)5-3-4-6-10-7-8(11)12/h10H,2-7H2,1H3,(H,11,12). The first-order valence-corrected chi connectivity index (χ1v) is 4.75. The van der Waals surface area contributed by atoms with Crippen LogP contribution in [0.15, 0.2) is 0 Å². The number of rotatable bonds is 8. The smallest absolute Gasteiger partial charge is 0.317 e. The van der Waals surface area contributed by atoms with Crippen LogP contribution in [-0.2, 0) is 14.3 Å². The molecule has 5 nitrogen and oxygen atoms in total. The number of nitrogens with one attached hydrogen (secondary N) is 1. The molecule has 14 heavy (non-hydrogen) atoms. The van der Waals surface area contributed by atoms with Gasteiger partial charge >= 0.3 is 11.9 Å². The Balaban J connectivity index is 3.13. The van der Waals surface area contributed by atoms with Crippen LogP contribution >= 0.6 is 0 Å². The first kappa shape index (κ1) is 12.9. The average molecular weight is 203 g/mol. The molecule has 0 aliphatic carbocycles. The van der Waals surface area contributed by atoms with E-state index in [1.807, 2.05) is 0 Å². The van der Waals surface area contributed by atoms with Gasteiger partial charge in [-0.3, -0.25) is 9.59 Å². The number of hydrogen-bond acceptors (Lipinski definition) is 4. The Bertz CT molecular complexity index is 182. The third-order valence-electron chi connectivity index (χ3n) is 1.57. The highest BCUT2D eigenvalue weighted by atomic mass is 16.5.